The van der Waals surface area contributed by atoms with E-state index in [9.17, 15) is 0 Å². The molecule has 0 atom stereocenters. The average molecular weight is 740 g/mol. The molecular formula is C48H44N2Zr. The third-order valence-electron chi connectivity index (χ3n) is 9.69. The maximum Gasteiger partial charge on any atom is 2.00 e. The van der Waals surface area contributed by atoms with Crippen LogP contribution >= 0.6 is 0 Å². The van der Waals surface area contributed by atoms with Crippen LogP contribution in [0.2, 0.25) is 0 Å². The van der Waals surface area contributed by atoms with E-state index in [4.69, 9.17) is 0 Å². The maximum absolute atomic E-state index is 4.58. The quantitative estimate of drug-likeness (QED) is 0.159. The molecular weight excluding hydrogens is 696 g/mol. The normalized spacial score (nSPS) is 11.1. The Morgan fingerprint density at radius 3 is 1.20 bits per heavy atom. The number of fused-ring (bicyclic) bond motifs is 2. The zero-order valence-electron chi connectivity index (χ0n) is 30.4. The fraction of sp³-hybridized carbons (Fsp3) is 0.167. The van der Waals surface area contributed by atoms with E-state index in [1.807, 2.05) is 12.4 Å². The molecule has 0 bridgehead atoms. The van der Waals surface area contributed by atoms with Gasteiger partial charge in [-0.1, -0.05) is 136 Å². The Morgan fingerprint density at radius 1 is 0.471 bits per heavy atom. The summed E-state index contributed by atoms with van der Waals surface area (Å²) in [4.78, 5) is 9.15. The molecule has 0 saturated carbocycles. The van der Waals surface area contributed by atoms with Gasteiger partial charge in [0.25, 0.3) is 0 Å². The molecule has 8 aromatic rings. The fourth-order valence-corrected chi connectivity index (χ4v) is 6.64. The number of hydrogen-bond acceptors (Lipinski definition) is 2. The zero-order valence-corrected chi connectivity index (χ0v) is 32.9. The average Bonchev–Trinajstić information content (AvgIpc) is 3.78. The van der Waals surface area contributed by atoms with E-state index in [-0.39, 0.29) is 26.2 Å². The first kappa shape index (κ1) is 36.1. The monoisotopic (exact) mass is 738 g/mol. The van der Waals surface area contributed by atoms with E-state index in [2.05, 4.69) is 185 Å². The second-order valence-corrected chi connectivity index (χ2v) is 14.1. The van der Waals surface area contributed by atoms with Crippen LogP contribution in [0, 0.1) is 13.8 Å². The molecule has 0 amide bonds. The Morgan fingerprint density at radius 2 is 0.863 bits per heavy atom. The second kappa shape index (κ2) is 15.7. The van der Waals surface area contributed by atoms with Gasteiger partial charge in [-0.3, -0.25) is 9.97 Å². The minimum Gasteiger partial charge on any atom is -0.295 e. The number of pyridine rings is 2. The van der Waals surface area contributed by atoms with Gasteiger partial charge in [0.2, 0.25) is 0 Å². The summed E-state index contributed by atoms with van der Waals surface area (Å²) in [7, 11) is 0. The molecule has 0 radical (unpaired) electrons. The standard InChI is InChI=1S/2C24H22N.Zr/c2*1-16(2)18-8-10-19(11-9-18)22-6-4-5-20-13-21(14-23(20)22)24-12-7-17(3)15-25-24;/h2*4-16H,1-3H3;/q2*-1;+2. The number of hydrogen-bond donors (Lipinski definition) is 0. The summed E-state index contributed by atoms with van der Waals surface area (Å²) in [5, 5.41) is 5.11. The molecule has 51 heavy (non-hydrogen) atoms. The molecule has 6 aromatic carbocycles. The van der Waals surface area contributed by atoms with Crippen LogP contribution in [-0.4, -0.2) is 9.97 Å². The van der Waals surface area contributed by atoms with Crippen LogP contribution < -0.4 is 0 Å². The second-order valence-electron chi connectivity index (χ2n) is 14.1. The number of benzene rings is 4. The van der Waals surface area contributed by atoms with Crippen LogP contribution in [0.1, 0.15) is 61.8 Å². The van der Waals surface area contributed by atoms with E-state index in [0.717, 1.165) is 11.4 Å². The summed E-state index contributed by atoms with van der Waals surface area (Å²) < 4.78 is 0. The van der Waals surface area contributed by atoms with Crippen molar-refractivity contribution in [2.45, 2.75) is 53.4 Å². The van der Waals surface area contributed by atoms with E-state index in [1.54, 1.807) is 0 Å². The molecule has 2 heterocycles. The van der Waals surface area contributed by atoms with Gasteiger partial charge < -0.3 is 0 Å². The van der Waals surface area contributed by atoms with Crippen LogP contribution in [0.5, 0.6) is 0 Å². The first-order chi connectivity index (χ1) is 24.2. The molecule has 0 aliphatic rings. The van der Waals surface area contributed by atoms with Crippen LogP contribution in [0.25, 0.3) is 66.3 Å². The Bertz CT molecular complexity index is 2180. The Kier molecular flexibility index (Phi) is 11.1. The van der Waals surface area contributed by atoms with Gasteiger partial charge in [0, 0.05) is 23.8 Å². The van der Waals surface area contributed by atoms with E-state index >= 15 is 0 Å². The minimum atomic E-state index is 0. The van der Waals surface area contributed by atoms with E-state index in [1.165, 1.54) is 77.2 Å². The molecule has 250 valence electrons. The maximum atomic E-state index is 4.58. The van der Waals surface area contributed by atoms with Crippen molar-refractivity contribution in [3.8, 4) is 44.8 Å². The van der Waals surface area contributed by atoms with Gasteiger partial charge in [-0.15, -0.1) is 69.1 Å². The van der Waals surface area contributed by atoms with Crippen molar-refractivity contribution in [1.29, 1.82) is 0 Å². The molecule has 0 aliphatic heterocycles. The number of nitrogens with zero attached hydrogens (tertiary/aromatic N) is 2. The van der Waals surface area contributed by atoms with Crippen molar-refractivity contribution in [1.82, 2.24) is 9.97 Å². The van der Waals surface area contributed by atoms with E-state index < -0.39 is 0 Å². The third kappa shape index (κ3) is 7.95. The molecule has 0 aliphatic carbocycles. The first-order valence-corrected chi connectivity index (χ1v) is 17.7. The smallest absolute Gasteiger partial charge is 0.295 e. The molecule has 2 aromatic heterocycles. The summed E-state index contributed by atoms with van der Waals surface area (Å²) in [6, 6.07) is 48.4. The molecule has 3 heteroatoms. The van der Waals surface area contributed by atoms with Crippen LogP contribution in [-0.2, 0) is 26.2 Å². The summed E-state index contributed by atoms with van der Waals surface area (Å²) in [6.07, 6.45) is 3.86. The van der Waals surface area contributed by atoms with Crippen molar-refractivity contribution in [3.63, 3.8) is 0 Å². The third-order valence-corrected chi connectivity index (χ3v) is 9.69. The Balaban J connectivity index is 0.000000172. The van der Waals surface area contributed by atoms with Gasteiger partial charge in [-0.05, 0) is 59.1 Å². The topological polar surface area (TPSA) is 25.8 Å². The molecule has 0 spiro atoms. The van der Waals surface area contributed by atoms with Crippen molar-refractivity contribution < 1.29 is 26.2 Å². The molecule has 8 rings (SSSR count). The van der Waals surface area contributed by atoms with Crippen molar-refractivity contribution >= 4 is 21.5 Å². The summed E-state index contributed by atoms with van der Waals surface area (Å²) in [5.41, 5.74) is 14.7. The number of aryl methyl sites for hydroxylation is 2. The van der Waals surface area contributed by atoms with Gasteiger partial charge in [0.15, 0.2) is 0 Å². The number of aromatic nitrogens is 2. The van der Waals surface area contributed by atoms with Crippen LogP contribution in [0.3, 0.4) is 0 Å². The summed E-state index contributed by atoms with van der Waals surface area (Å²) >= 11 is 0. The van der Waals surface area contributed by atoms with Gasteiger partial charge in [-0.25, -0.2) is 0 Å². The van der Waals surface area contributed by atoms with Gasteiger partial charge in [0.05, 0.1) is 0 Å². The molecule has 0 fully saturated rings. The van der Waals surface area contributed by atoms with Crippen molar-refractivity contribution in [3.05, 3.63) is 168 Å². The molecule has 0 saturated heterocycles. The Labute approximate surface area is 322 Å². The molecule has 0 N–H and O–H groups in total. The first-order valence-electron chi connectivity index (χ1n) is 17.7. The van der Waals surface area contributed by atoms with Gasteiger partial charge >= 0.3 is 26.2 Å². The van der Waals surface area contributed by atoms with E-state index in [0.29, 0.717) is 11.8 Å². The summed E-state index contributed by atoms with van der Waals surface area (Å²) in [6.45, 7) is 13.1. The predicted octanol–water partition coefficient (Wildman–Crippen LogP) is 13.4. The minimum absolute atomic E-state index is 0. The SMILES string of the molecule is Cc1ccc(-c2cc3c(-c4ccc(C(C)C)cc4)cccc3[cH-]2)nc1.Cc1ccc(-c2cc3c(-c4ccc(C(C)C)cc4)cccc3[cH-]2)nc1.[Zr+2]. The predicted molar refractivity (Wildman–Crippen MR) is 214 cm³/mol. The fourth-order valence-electron chi connectivity index (χ4n) is 6.64. The summed E-state index contributed by atoms with van der Waals surface area (Å²) in [5.74, 6) is 1.12. The van der Waals surface area contributed by atoms with Crippen LogP contribution in [0.15, 0.2) is 146 Å². The largest absolute Gasteiger partial charge is 2.00 e. The zero-order chi connectivity index (χ0) is 34.8. The van der Waals surface area contributed by atoms with Gasteiger partial charge in [-0.2, -0.15) is 0 Å². The molecule has 2 nitrogen and oxygen atoms in total. The Hall–Kier alpha value is -4.72. The van der Waals surface area contributed by atoms with Crippen LogP contribution in [0.4, 0.5) is 0 Å². The number of rotatable bonds is 6. The molecule has 0 unspecified atom stereocenters. The van der Waals surface area contributed by atoms with Crippen molar-refractivity contribution in [2.24, 2.45) is 0 Å². The van der Waals surface area contributed by atoms with Gasteiger partial charge in [0.1, 0.15) is 0 Å². The van der Waals surface area contributed by atoms with Crippen molar-refractivity contribution in [2.75, 3.05) is 0 Å².